The lowest BCUT2D eigenvalue weighted by Crippen LogP contribution is -1.92. The standard InChI is InChI=1S/C10H10ClN3S/c1-6-3-7(5-8(11)4-6)9-12-13-10(15)14(9)2/h3-5H,1-2H3,(H,13,15). The smallest absolute Gasteiger partial charge is 0.195 e. The minimum absolute atomic E-state index is 0.600. The number of H-pyrrole nitrogens is 1. The van der Waals surface area contributed by atoms with Gasteiger partial charge in [0.05, 0.1) is 0 Å². The zero-order valence-electron chi connectivity index (χ0n) is 8.41. The molecule has 0 aliphatic carbocycles. The van der Waals surface area contributed by atoms with Crippen molar-refractivity contribution in [3.63, 3.8) is 0 Å². The van der Waals surface area contributed by atoms with Gasteiger partial charge in [0.2, 0.25) is 0 Å². The van der Waals surface area contributed by atoms with Crippen LogP contribution in [0.25, 0.3) is 11.4 Å². The molecule has 0 saturated carbocycles. The van der Waals surface area contributed by atoms with Gasteiger partial charge in [-0.15, -0.1) is 0 Å². The van der Waals surface area contributed by atoms with E-state index in [1.54, 1.807) is 0 Å². The van der Waals surface area contributed by atoms with Crippen molar-refractivity contribution in [3.05, 3.63) is 33.6 Å². The monoisotopic (exact) mass is 239 g/mol. The lowest BCUT2D eigenvalue weighted by atomic mass is 10.1. The van der Waals surface area contributed by atoms with Gasteiger partial charge >= 0.3 is 0 Å². The van der Waals surface area contributed by atoms with E-state index in [1.807, 2.05) is 36.7 Å². The molecule has 1 N–H and O–H groups in total. The Bertz CT molecular complexity index is 536. The third kappa shape index (κ3) is 1.96. The quantitative estimate of drug-likeness (QED) is 0.776. The molecule has 1 heterocycles. The predicted molar refractivity (Wildman–Crippen MR) is 63.6 cm³/mol. The Morgan fingerprint density at radius 3 is 2.67 bits per heavy atom. The maximum atomic E-state index is 5.99. The van der Waals surface area contributed by atoms with Crippen molar-refractivity contribution in [1.29, 1.82) is 0 Å². The van der Waals surface area contributed by atoms with Gasteiger partial charge in [-0.2, -0.15) is 5.10 Å². The van der Waals surface area contributed by atoms with Gasteiger partial charge in [0.15, 0.2) is 10.6 Å². The Labute approximate surface area is 97.7 Å². The average Bonchev–Trinajstić information content (AvgIpc) is 2.46. The fraction of sp³-hybridized carbons (Fsp3) is 0.200. The molecule has 3 nitrogen and oxygen atoms in total. The predicted octanol–water partition coefficient (Wildman–Crippen LogP) is 3.11. The number of nitrogens with zero attached hydrogens (tertiary/aromatic N) is 2. The van der Waals surface area contributed by atoms with Crippen molar-refractivity contribution in [2.45, 2.75) is 6.92 Å². The topological polar surface area (TPSA) is 33.6 Å². The number of aromatic amines is 1. The normalized spacial score (nSPS) is 10.6. The van der Waals surface area contributed by atoms with Crippen molar-refractivity contribution >= 4 is 23.8 Å². The molecule has 15 heavy (non-hydrogen) atoms. The number of benzene rings is 1. The fourth-order valence-electron chi connectivity index (χ4n) is 1.47. The SMILES string of the molecule is Cc1cc(Cl)cc(-c2n[nH]c(=S)n2C)c1. The first kappa shape index (κ1) is 10.4. The molecule has 0 aliphatic heterocycles. The molecular formula is C10H10ClN3S. The van der Waals surface area contributed by atoms with Crippen LogP contribution in [0.4, 0.5) is 0 Å². The Morgan fingerprint density at radius 1 is 1.40 bits per heavy atom. The maximum Gasteiger partial charge on any atom is 0.195 e. The molecule has 0 unspecified atom stereocenters. The second-order valence-electron chi connectivity index (χ2n) is 3.43. The van der Waals surface area contributed by atoms with E-state index in [-0.39, 0.29) is 0 Å². The molecule has 0 bridgehead atoms. The summed E-state index contributed by atoms with van der Waals surface area (Å²) in [5.74, 6) is 0.797. The summed E-state index contributed by atoms with van der Waals surface area (Å²) < 4.78 is 2.42. The van der Waals surface area contributed by atoms with Crippen LogP contribution in [0.5, 0.6) is 0 Å². The van der Waals surface area contributed by atoms with Gasteiger partial charge in [0.25, 0.3) is 0 Å². The highest BCUT2D eigenvalue weighted by atomic mass is 35.5. The van der Waals surface area contributed by atoms with Gasteiger partial charge in [-0.1, -0.05) is 11.6 Å². The summed E-state index contributed by atoms with van der Waals surface area (Å²) in [6, 6.07) is 5.81. The van der Waals surface area contributed by atoms with Crippen LogP contribution in [0.3, 0.4) is 0 Å². The highest BCUT2D eigenvalue weighted by Gasteiger charge is 2.06. The second kappa shape index (κ2) is 3.79. The molecule has 0 amide bonds. The zero-order valence-corrected chi connectivity index (χ0v) is 9.99. The maximum absolute atomic E-state index is 5.99. The Balaban J connectivity index is 2.63. The van der Waals surface area contributed by atoms with Crippen molar-refractivity contribution < 1.29 is 0 Å². The highest BCUT2D eigenvalue weighted by Crippen LogP contribution is 2.22. The molecule has 0 atom stereocenters. The van der Waals surface area contributed by atoms with Gasteiger partial charge in [0, 0.05) is 17.6 Å². The molecular weight excluding hydrogens is 230 g/mol. The Morgan fingerprint density at radius 2 is 2.13 bits per heavy atom. The van der Waals surface area contributed by atoms with E-state index in [1.165, 1.54) is 0 Å². The van der Waals surface area contributed by atoms with Crippen LogP contribution in [0.2, 0.25) is 5.02 Å². The van der Waals surface area contributed by atoms with Crippen LogP contribution in [-0.2, 0) is 7.05 Å². The molecule has 0 radical (unpaired) electrons. The van der Waals surface area contributed by atoms with Crippen molar-refractivity contribution in [3.8, 4) is 11.4 Å². The van der Waals surface area contributed by atoms with E-state index in [2.05, 4.69) is 10.2 Å². The molecule has 0 fully saturated rings. The first-order valence-corrected chi connectivity index (χ1v) is 5.25. The van der Waals surface area contributed by atoms with Crippen molar-refractivity contribution in [2.24, 2.45) is 7.05 Å². The van der Waals surface area contributed by atoms with Crippen LogP contribution in [0.1, 0.15) is 5.56 Å². The summed E-state index contributed by atoms with van der Waals surface area (Å²) in [6.07, 6.45) is 0. The Kier molecular flexibility index (Phi) is 2.63. The van der Waals surface area contributed by atoms with Crippen LogP contribution in [0.15, 0.2) is 18.2 Å². The number of hydrogen-bond donors (Lipinski definition) is 1. The van der Waals surface area contributed by atoms with Crippen LogP contribution in [0, 0.1) is 11.7 Å². The van der Waals surface area contributed by atoms with E-state index < -0.39 is 0 Å². The minimum atomic E-state index is 0.600. The third-order valence-corrected chi connectivity index (χ3v) is 2.76. The molecule has 0 aliphatic rings. The fourth-order valence-corrected chi connectivity index (χ4v) is 1.89. The summed E-state index contributed by atoms with van der Waals surface area (Å²) >= 11 is 11.0. The molecule has 0 saturated heterocycles. The summed E-state index contributed by atoms with van der Waals surface area (Å²) in [6.45, 7) is 2.00. The summed E-state index contributed by atoms with van der Waals surface area (Å²) in [4.78, 5) is 0. The number of halogens is 1. The molecule has 2 rings (SSSR count). The van der Waals surface area contributed by atoms with Crippen LogP contribution < -0.4 is 0 Å². The molecule has 1 aromatic carbocycles. The summed E-state index contributed by atoms with van der Waals surface area (Å²) in [7, 11) is 1.87. The van der Waals surface area contributed by atoms with E-state index in [4.69, 9.17) is 23.8 Å². The molecule has 0 spiro atoms. The van der Waals surface area contributed by atoms with Gasteiger partial charge in [-0.3, -0.25) is 5.10 Å². The lowest BCUT2D eigenvalue weighted by Gasteiger charge is -2.02. The number of nitrogens with one attached hydrogen (secondary N) is 1. The van der Waals surface area contributed by atoms with Crippen molar-refractivity contribution in [1.82, 2.24) is 14.8 Å². The third-order valence-electron chi connectivity index (χ3n) is 2.18. The highest BCUT2D eigenvalue weighted by molar-refractivity contribution is 7.71. The van der Waals surface area contributed by atoms with Gasteiger partial charge in [0.1, 0.15) is 0 Å². The van der Waals surface area contributed by atoms with Gasteiger partial charge < -0.3 is 4.57 Å². The largest absolute Gasteiger partial charge is 0.303 e. The second-order valence-corrected chi connectivity index (χ2v) is 4.25. The number of hydrogen-bond acceptors (Lipinski definition) is 2. The molecule has 2 aromatic rings. The van der Waals surface area contributed by atoms with Gasteiger partial charge in [-0.25, -0.2) is 0 Å². The number of aryl methyl sites for hydroxylation is 1. The first-order valence-electron chi connectivity index (χ1n) is 4.47. The number of rotatable bonds is 1. The van der Waals surface area contributed by atoms with E-state index in [0.29, 0.717) is 9.79 Å². The lowest BCUT2D eigenvalue weighted by molar-refractivity contribution is 0.902. The Hall–Kier alpha value is -1.13. The molecule has 1 aromatic heterocycles. The number of aromatic nitrogens is 3. The van der Waals surface area contributed by atoms with Crippen molar-refractivity contribution in [2.75, 3.05) is 0 Å². The van der Waals surface area contributed by atoms with E-state index >= 15 is 0 Å². The van der Waals surface area contributed by atoms with Crippen LogP contribution >= 0.6 is 23.8 Å². The van der Waals surface area contributed by atoms with E-state index in [9.17, 15) is 0 Å². The average molecular weight is 240 g/mol. The van der Waals surface area contributed by atoms with E-state index in [0.717, 1.165) is 17.0 Å². The van der Waals surface area contributed by atoms with Crippen LogP contribution in [-0.4, -0.2) is 14.8 Å². The summed E-state index contributed by atoms with van der Waals surface area (Å²) in [5, 5.41) is 7.61. The molecule has 78 valence electrons. The minimum Gasteiger partial charge on any atom is -0.303 e. The molecule has 5 heteroatoms. The van der Waals surface area contributed by atoms with Gasteiger partial charge in [-0.05, 0) is 42.9 Å². The first-order chi connectivity index (χ1) is 7.08. The zero-order chi connectivity index (χ0) is 11.0. The summed E-state index contributed by atoms with van der Waals surface area (Å²) in [5.41, 5.74) is 2.07.